The van der Waals surface area contributed by atoms with Gasteiger partial charge >= 0.3 is 5.97 Å². The first-order chi connectivity index (χ1) is 11.6. The van der Waals surface area contributed by atoms with Crippen LogP contribution in [-0.2, 0) is 9.59 Å². The summed E-state index contributed by atoms with van der Waals surface area (Å²) < 4.78 is 0. The van der Waals surface area contributed by atoms with E-state index in [2.05, 4.69) is 18.2 Å². The molecule has 1 aromatic rings. The Morgan fingerprint density at radius 2 is 1.75 bits per heavy atom. The third-order valence-electron chi connectivity index (χ3n) is 5.69. The molecule has 0 aromatic heterocycles. The number of fused-ring (bicyclic) bond motifs is 2. The van der Waals surface area contributed by atoms with Gasteiger partial charge in [0.25, 0.3) is 0 Å². The number of amides is 1. The molecule has 4 nitrogen and oxygen atoms in total. The zero-order valence-corrected chi connectivity index (χ0v) is 13.5. The minimum Gasteiger partial charge on any atom is -0.481 e. The van der Waals surface area contributed by atoms with Crippen LogP contribution in [0.5, 0.6) is 0 Å². The van der Waals surface area contributed by atoms with Crippen LogP contribution >= 0.6 is 0 Å². The van der Waals surface area contributed by atoms with Crippen molar-refractivity contribution in [1.82, 2.24) is 4.90 Å². The maximum atomic E-state index is 12.9. The van der Waals surface area contributed by atoms with Crippen LogP contribution in [0.25, 0.3) is 5.57 Å². The van der Waals surface area contributed by atoms with Crippen LogP contribution < -0.4 is 0 Å². The highest BCUT2D eigenvalue weighted by Crippen LogP contribution is 2.49. The van der Waals surface area contributed by atoms with E-state index >= 15 is 0 Å². The summed E-state index contributed by atoms with van der Waals surface area (Å²) in [5.74, 6) is -1.62. The zero-order valence-electron chi connectivity index (χ0n) is 13.5. The lowest BCUT2D eigenvalue weighted by molar-refractivity contribution is -0.150. The second kappa shape index (κ2) is 5.93. The van der Waals surface area contributed by atoms with Crippen LogP contribution in [0, 0.1) is 23.7 Å². The molecule has 1 N–H and O–H groups in total. The topological polar surface area (TPSA) is 57.6 Å². The molecule has 1 heterocycles. The van der Waals surface area contributed by atoms with Crippen molar-refractivity contribution in [2.45, 2.75) is 12.8 Å². The van der Waals surface area contributed by atoms with Crippen LogP contribution in [-0.4, -0.2) is 35.0 Å². The molecule has 1 aliphatic heterocycles. The number of benzene rings is 1. The van der Waals surface area contributed by atoms with Crippen LogP contribution in [0.1, 0.15) is 18.4 Å². The first-order valence-electron chi connectivity index (χ1n) is 8.59. The quantitative estimate of drug-likeness (QED) is 0.870. The lowest BCUT2D eigenvalue weighted by Gasteiger charge is -2.33. The maximum absolute atomic E-state index is 12.9. The molecule has 1 aromatic carbocycles. The number of carbonyl (C=O) groups excluding carboxylic acids is 1. The highest BCUT2D eigenvalue weighted by molar-refractivity contribution is 5.87. The molecular weight excluding hydrogens is 302 g/mol. The Hall–Kier alpha value is -2.36. The van der Waals surface area contributed by atoms with Crippen LogP contribution in [0.4, 0.5) is 0 Å². The molecule has 2 bridgehead atoms. The van der Waals surface area contributed by atoms with Crippen LogP contribution in [0.2, 0.25) is 0 Å². The van der Waals surface area contributed by atoms with Crippen molar-refractivity contribution < 1.29 is 14.7 Å². The van der Waals surface area contributed by atoms with E-state index in [0.717, 1.165) is 12.8 Å². The summed E-state index contributed by atoms with van der Waals surface area (Å²) in [6.07, 6.45) is 7.77. The van der Waals surface area contributed by atoms with Crippen molar-refractivity contribution in [2.75, 3.05) is 13.1 Å². The van der Waals surface area contributed by atoms with Crippen molar-refractivity contribution in [3.8, 4) is 0 Å². The van der Waals surface area contributed by atoms with Gasteiger partial charge in [-0.15, -0.1) is 0 Å². The Bertz CT molecular complexity index is 722. The molecule has 0 spiro atoms. The third-order valence-corrected chi connectivity index (χ3v) is 5.69. The van der Waals surface area contributed by atoms with Crippen molar-refractivity contribution in [3.05, 3.63) is 54.1 Å². The van der Waals surface area contributed by atoms with Crippen LogP contribution in [0.15, 0.2) is 48.6 Å². The number of hydrogen-bond donors (Lipinski definition) is 1. The number of carbonyl (C=O) groups is 2. The minimum absolute atomic E-state index is 0.0163. The van der Waals surface area contributed by atoms with Gasteiger partial charge in [0.05, 0.1) is 11.8 Å². The zero-order chi connectivity index (χ0) is 16.7. The van der Waals surface area contributed by atoms with E-state index in [0.29, 0.717) is 13.1 Å². The van der Waals surface area contributed by atoms with E-state index in [-0.39, 0.29) is 23.7 Å². The molecule has 2 aliphatic carbocycles. The fourth-order valence-electron chi connectivity index (χ4n) is 4.49. The molecule has 24 heavy (non-hydrogen) atoms. The minimum atomic E-state index is -0.831. The van der Waals surface area contributed by atoms with Gasteiger partial charge < -0.3 is 10.0 Å². The van der Waals surface area contributed by atoms with Gasteiger partial charge in [-0.1, -0.05) is 48.6 Å². The van der Waals surface area contributed by atoms with E-state index in [1.807, 2.05) is 35.3 Å². The molecule has 1 amide bonds. The monoisotopic (exact) mass is 323 g/mol. The molecule has 4 heteroatoms. The summed E-state index contributed by atoms with van der Waals surface area (Å²) in [5.41, 5.74) is 2.47. The summed E-state index contributed by atoms with van der Waals surface area (Å²) in [4.78, 5) is 26.4. The van der Waals surface area contributed by atoms with E-state index in [9.17, 15) is 14.7 Å². The van der Waals surface area contributed by atoms with Gasteiger partial charge in [-0.05, 0) is 35.8 Å². The molecule has 3 aliphatic rings. The third kappa shape index (κ3) is 2.46. The lowest BCUT2D eigenvalue weighted by Crippen LogP contribution is -2.44. The van der Waals surface area contributed by atoms with Gasteiger partial charge in [-0.3, -0.25) is 9.59 Å². The van der Waals surface area contributed by atoms with Gasteiger partial charge in [0.15, 0.2) is 0 Å². The molecule has 0 radical (unpaired) electrons. The van der Waals surface area contributed by atoms with E-state index < -0.39 is 11.9 Å². The second-order valence-corrected chi connectivity index (χ2v) is 6.97. The van der Waals surface area contributed by atoms with E-state index in [4.69, 9.17) is 0 Å². The summed E-state index contributed by atoms with van der Waals surface area (Å²) in [6, 6.07) is 10.2. The Kier molecular flexibility index (Phi) is 3.75. The summed E-state index contributed by atoms with van der Waals surface area (Å²) in [6.45, 7) is 1.25. The Morgan fingerprint density at radius 3 is 2.38 bits per heavy atom. The Labute approximate surface area is 141 Å². The number of allylic oxidation sites excluding steroid dienone is 2. The summed E-state index contributed by atoms with van der Waals surface area (Å²) in [7, 11) is 0. The summed E-state index contributed by atoms with van der Waals surface area (Å²) in [5, 5.41) is 9.53. The van der Waals surface area contributed by atoms with Crippen molar-refractivity contribution in [1.29, 1.82) is 0 Å². The normalized spacial score (nSPS) is 31.2. The van der Waals surface area contributed by atoms with Crippen molar-refractivity contribution in [2.24, 2.45) is 23.7 Å². The fourth-order valence-corrected chi connectivity index (χ4v) is 4.49. The Morgan fingerprint density at radius 1 is 1.04 bits per heavy atom. The molecule has 4 atom stereocenters. The number of rotatable bonds is 3. The average molecular weight is 323 g/mol. The maximum Gasteiger partial charge on any atom is 0.307 e. The van der Waals surface area contributed by atoms with Gasteiger partial charge in [0, 0.05) is 13.1 Å². The number of carboxylic acid groups (broad SMARTS) is 1. The van der Waals surface area contributed by atoms with Gasteiger partial charge in [-0.2, -0.15) is 0 Å². The first kappa shape index (κ1) is 15.2. The van der Waals surface area contributed by atoms with Crippen LogP contribution in [0.3, 0.4) is 0 Å². The predicted octanol–water partition coefficient (Wildman–Crippen LogP) is 2.83. The average Bonchev–Trinajstić information content (AvgIpc) is 3.23. The van der Waals surface area contributed by atoms with E-state index in [1.54, 1.807) is 0 Å². The van der Waals surface area contributed by atoms with Gasteiger partial charge in [-0.25, -0.2) is 0 Å². The molecular formula is C20H21NO3. The van der Waals surface area contributed by atoms with Crippen molar-refractivity contribution in [3.63, 3.8) is 0 Å². The van der Waals surface area contributed by atoms with Gasteiger partial charge in [0.1, 0.15) is 0 Å². The molecule has 1 fully saturated rings. The number of carboxylic acids is 1. The molecule has 4 rings (SSSR count). The SMILES string of the molecule is O=C(O)[C@@H]1[C@H](C(=O)N2CC=C(c3ccccc3)CC2)[C@@H]2C=C[C@@H]1C2. The Balaban J connectivity index is 1.50. The molecule has 1 saturated carbocycles. The lowest BCUT2D eigenvalue weighted by atomic mass is 9.82. The van der Waals surface area contributed by atoms with Gasteiger partial charge in [0.2, 0.25) is 5.91 Å². The number of aliphatic carboxylic acids is 1. The van der Waals surface area contributed by atoms with E-state index in [1.165, 1.54) is 11.1 Å². The summed E-state index contributed by atoms with van der Waals surface area (Å²) >= 11 is 0. The van der Waals surface area contributed by atoms with Crippen molar-refractivity contribution >= 4 is 17.4 Å². The highest BCUT2D eigenvalue weighted by Gasteiger charge is 2.52. The molecule has 0 saturated heterocycles. The fraction of sp³-hybridized carbons (Fsp3) is 0.400. The molecule has 124 valence electrons. The predicted molar refractivity (Wildman–Crippen MR) is 91.0 cm³/mol. The first-order valence-corrected chi connectivity index (χ1v) is 8.59. The standard InChI is InChI=1S/C20H21NO3/c22-19(17-15-6-7-16(12-15)18(17)20(23)24)21-10-8-14(9-11-21)13-4-2-1-3-5-13/h1-8,15-18H,9-12H2,(H,23,24)/t15-,16-,17-,18+/m1/s1. The molecule has 0 unspecified atom stereocenters. The second-order valence-electron chi connectivity index (χ2n) is 6.97. The largest absolute Gasteiger partial charge is 0.481 e. The smallest absolute Gasteiger partial charge is 0.307 e. The highest BCUT2D eigenvalue weighted by atomic mass is 16.4. The number of hydrogen-bond acceptors (Lipinski definition) is 2. The number of nitrogens with zero attached hydrogens (tertiary/aromatic N) is 1.